The number of benzene rings is 2. The highest BCUT2D eigenvalue weighted by molar-refractivity contribution is 5.84. The van der Waals surface area contributed by atoms with Crippen molar-refractivity contribution >= 4 is 5.97 Å². The summed E-state index contributed by atoms with van der Waals surface area (Å²) in [6, 6.07) is 16.1. The van der Waals surface area contributed by atoms with E-state index in [1.165, 1.54) is 6.07 Å². The molecule has 108 valence electrons. The number of carboxylic acids is 1. The summed E-state index contributed by atoms with van der Waals surface area (Å²) in [5, 5.41) is 9.74. The van der Waals surface area contributed by atoms with E-state index in [4.69, 9.17) is 0 Å². The average Bonchev–Trinajstić information content (AvgIpc) is 3.19. The number of aliphatic carboxylic acids is 1. The van der Waals surface area contributed by atoms with Gasteiger partial charge in [0.15, 0.2) is 0 Å². The number of carboxylic acid groups (broad SMARTS) is 1. The third kappa shape index (κ3) is 1.96. The predicted octanol–water partition coefficient (Wildman–Crippen LogP) is 4.19. The van der Waals surface area contributed by atoms with Gasteiger partial charge in [-0.2, -0.15) is 0 Å². The van der Waals surface area contributed by atoms with E-state index in [-0.39, 0.29) is 17.7 Å². The van der Waals surface area contributed by atoms with Crippen molar-refractivity contribution in [1.29, 1.82) is 0 Å². The normalized spacial score (nSPS) is 27.3. The lowest BCUT2D eigenvalue weighted by Crippen LogP contribution is -2.17. The summed E-state index contributed by atoms with van der Waals surface area (Å²) in [5.41, 5.74) is 0.578. The van der Waals surface area contributed by atoms with Gasteiger partial charge in [0.2, 0.25) is 0 Å². The van der Waals surface area contributed by atoms with Gasteiger partial charge in [0.05, 0.1) is 5.41 Å². The molecular formula is C18H17FO2. The molecule has 0 saturated heterocycles. The largest absolute Gasteiger partial charge is 0.481 e. The molecule has 3 atom stereocenters. The minimum atomic E-state index is -0.899. The Morgan fingerprint density at radius 1 is 1.10 bits per heavy atom. The Labute approximate surface area is 123 Å². The monoisotopic (exact) mass is 284 g/mol. The topological polar surface area (TPSA) is 37.3 Å². The van der Waals surface area contributed by atoms with Gasteiger partial charge in [-0.05, 0) is 23.6 Å². The zero-order chi connectivity index (χ0) is 15.0. The number of carbonyl (C=O) groups is 1. The van der Waals surface area contributed by atoms with Crippen molar-refractivity contribution in [2.75, 3.05) is 0 Å². The third-order valence-electron chi connectivity index (χ3n) is 4.72. The lowest BCUT2D eigenvalue weighted by atomic mass is 9.94. The molecule has 3 rings (SSSR count). The molecule has 0 radical (unpaired) electrons. The van der Waals surface area contributed by atoms with Crippen molar-refractivity contribution in [2.45, 2.75) is 25.2 Å². The molecule has 2 aromatic carbocycles. The maximum atomic E-state index is 14.1. The Bertz CT molecular complexity index is 668. The number of hydrogen-bond donors (Lipinski definition) is 1. The van der Waals surface area contributed by atoms with Crippen molar-refractivity contribution in [3.8, 4) is 0 Å². The van der Waals surface area contributed by atoms with E-state index in [9.17, 15) is 14.3 Å². The summed E-state index contributed by atoms with van der Waals surface area (Å²) in [6.07, 6.45) is 0.487. The van der Waals surface area contributed by atoms with Crippen LogP contribution in [-0.4, -0.2) is 11.1 Å². The van der Waals surface area contributed by atoms with Gasteiger partial charge in [0, 0.05) is 11.8 Å². The van der Waals surface area contributed by atoms with Crippen LogP contribution in [0.2, 0.25) is 0 Å². The summed E-state index contributed by atoms with van der Waals surface area (Å²) in [5.74, 6) is -1.63. The number of rotatable bonds is 4. The van der Waals surface area contributed by atoms with Crippen LogP contribution < -0.4 is 0 Å². The maximum Gasteiger partial charge on any atom is 0.310 e. The van der Waals surface area contributed by atoms with E-state index < -0.39 is 11.4 Å². The first-order chi connectivity index (χ1) is 10.1. The van der Waals surface area contributed by atoms with Crippen LogP contribution in [-0.2, 0) is 4.79 Å². The summed E-state index contributed by atoms with van der Waals surface area (Å²) in [6.45, 7) is 1.87. The Balaban J connectivity index is 2.10. The first-order valence-corrected chi connectivity index (χ1v) is 7.15. The Morgan fingerprint density at radius 3 is 2.29 bits per heavy atom. The maximum absolute atomic E-state index is 14.1. The van der Waals surface area contributed by atoms with Gasteiger partial charge in [0.25, 0.3) is 0 Å². The van der Waals surface area contributed by atoms with E-state index in [0.29, 0.717) is 12.0 Å². The molecule has 0 spiro atoms. The summed E-state index contributed by atoms with van der Waals surface area (Å²) in [4.78, 5) is 11.9. The average molecular weight is 284 g/mol. The number of halogens is 1. The number of hydrogen-bond acceptors (Lipinski definition) is 1. The SMILES string of the molecule is CCC1(C(=O)O)C(c2ccccc2)C1c1ccccc1F. The molecule has 0 bridgehead atoms. The van der Waals surface area contributed by atoms with Gasteiger partial charge in [-0.1, -0.05) is 55.5 Å². The highest BCUT2D eigenvalue weighted by atomic mass is 19.1. The van der Waals surface area contributed by atoms with Gasteiger partial charge in [-0.25, -0.2) is 4.39 Å². The van der Waals surface area contributed by atoms with Crippen LogP contribution in [0, 0.1) is 11.2 Å². The van der Waals surface area contributed by atoms with Crippen LogP contribution in [0.15, 0.2) is 54.6 Å². The fraction of sp³-hybridized carbons (Fsp3) is 0.278. The summed E-state index contributed by atoms with van der Waals surface area (Å²) < 4.78 is 14.1. The Kier molecular flexibility index (Phi) is 3.28. The molecule has 0 aliphatic heterocycles. The molecule has 1 aliphatic carbocycles. The molecule has 21 heavy (non-hydrogen) atoms. The van der Waals surface area contributed by atoms with Gasteiger partial charge in [0.1, 0.15) is 5.82 Å². The molecule has 1 aliphatic rings. The molecular weight excluding hydrogens is 267 g/mol. The lowest BCUT2D eigenvalue weighted by molar-refractivity contribution is -0.143. The second kappa shape index (κ2) is 4.99. The molecule has 3 heteroatoms. The second-order valence-electron chi connectivity index (χ2n) is 5.59. The third-order valence-corrected chi connectivity index (χ3v) is 4.72. The molecule has 2 aromatic rings. The molecule has 1 N–H and O–H groups in total. The van der Waals surface area contributed by atoms with Crippen LogP contribution in [0.5, 0.6) is 0 Å². The minimum Gasteiger partial charge on any atom is -0.481 e. The van der Waals surface area contributed by atoms with Crippen LogP contribution in [0.4, 0.5) is 4.39 Å². The van der Waals surface area contributed by atoms with E-state index >= 15 is 0 Å². The van der Waals surface area contributed by atoms with Crippen LogP contribution in [0.25, 0.3) is 0 Å². The summed E-state index contributed by atoms with van der Waals surface area (Å²) in [7, 11) is 0. The van der Waals surface area contributed by atoms with Gasteiger partial charge in [-0.15, -0.1) is 0 Å². The van der Waals surface area contributed by atoms with Gasteiger partial charge >= 0.3 is 5.97 Å². The molecule has 2 nitrogen and oxygen atoms in total. The first kappa shape index (κ1) is 13.8. The zero-order valence-corrected chi connectivity index (χ0v) is 11.8. The predicted molar refractivity (Wildman–Crippen MR) is 78.7 cm³/mol. The highest BCUT2D eigenvalue weighted by Crippen LogP contribution is 2.72. The highest BCUT2D eigenvalue weighted by Gasteiger charge is 2.69. The quantitative estimate of drug-likeness (QED) is 0.914. The van der Waals surface area contributed by atoms with Crippen molar-refractivity contribution in [1.82, 2.24) is 0 Å². The second-order valence-corrected chi connectivity index (χ2v) is 5.59. The smallest absolute Gasteiger partial charge is 0.310 e. The standard InChI is InChI=1S/C18H17FO2/c1-2-18(17(20)21)15(12-8-4-3-5-9-12)16(18)13-10-6-7-11-14(13)19/h3-11,15-16H,2H2,1H3,(H,20,21). The molecule has 0 amide bonds. The van der Waals surface area contributed by atoms with Crippen LogP contribution >= 0.6 is 0 Å². The van der Waals surface area contributed by atoms with Crippen molar-refractivity contribution < 1.29 is 14.3 Å². The Morgan fingerprint density at radius 2 is 1.71 bits per heavy atom. The molecule has 3 unspecified atom stereocenters. The van der Waals surface area contributed by atoms with E-state index in [1.807, 2.05) is 37.3 Å². The summed E-state index contributed by atoms with van der Waals surface area (Å²) >= 11 is 0. The van der Waals surface area contributed by atoms with Crippen LogP contribution in [0.1, 0.15) is 36.3 Å². The fourth-order valence-corrected chi connectivity index (χ4v) is 3.63. The van der Waals surface area contributed by atoms with Crippen molar-refractivity contribution in [3.05, 3.63) is 71.5 Å². The molecule has 1 fully saturated rings. The van der Waals surface area contributed by atoms with Gasteiger partial charge < -0.3 is 5.11 Å². The Hall–Kier alpha value is -2.16. The first-order valence-electron chi connectivity index (χ1n) is 7.15. The zero-order valence-electron chi connectivity index (χ0n) is 11.8. The van der Waals surface area contributed by atoms with E-state index in [0.717, 1.165) is 5.56 Å². The van der Waals surface area contributed by atoms with Crippen molar-refractivity contribution in [2.24, 2.45) is 5.41 Å². The molecule has 1 saturated carbocycles. The van der Waals surface area contributed by atoms with E-state index in [2.05, 4.69) is 0 Å². The van der Waals surface area contributed by atoms with Crippen molar-refractivity contribution in [3.63, 3.8) is 0 Å². The minimum absolute atomic E-state index is 0.168. The van der Waals surface area contributed by atoms with Gasteiger partial charge in [-0.3, -0.25) is 4.79 Å². The fourth-order valence-electron chi connectivity index (χ4n) is 3.63. The van der Waals surface area contributed by atoms with E-state index in [1.54, 1.807) is 18.2 Å². The molecule has 0 aromatic heterocycles. The van der Waals surface area contributed by atoms with Crippen LogP contribution in [0.3, 0.4) is 0 Å². The lowest BCUT2D eigenvalue weighted by Gasteiger charge is -2.10. The molecule has 0 heterocycles.